The Morgan fingerprint density at radius 1 is 1.05 bits per heavy atom. The number of rotatable bonds is 5. The summed E-state index contributed by atoms with van der Waals surface area (Å²) in [6.07, 6.45) is 1.05. The van der Waals surface area contributed by atoms with E-state index >= 15 is 0 Å². The van der Waals surface area contributed by atoms with Crippen molar-refractivity contribution in [1.82, 2.24) is 5.32 Å². The van der Waals surface area contributed by atoms with Crippen LogP contribution in [0.25, 0.3) is 11.1 Å². The van der Waals surface area contributed by atoms with E-state index in [0.29, 0.717) is 12.1 Å². The molecule has 0 saturated carbocycles. The van der Waals surface area contributed by atoms with Crippen molar-refractivity contribution in [2.24, 2.45) is 0 Å². The lowest BCUT2D eigenvalue weighted by Gasteiger charge is -2.12. The number of hydrogen-bond acceptors (Lipinski definition) is 1. The van der Waals surface area contributed by atoms with Crippen LogP contribution in [0.3, 0.4) is 0 Å². The zero-order valence-corrected chi connectivity index (χ0v) is 11.8. The maximum atomic E-state index is 13.5. The fourth-order valence-electron chi connectivity index (χ4n) is 2.18. The number of aryl methyl sites for hydroxylation is 1. The van der Waals surface area contributed by atoms with E-state index in [2.05, 4.69) is 12.2 Å². The summed E-state index contributed by atoms with van der Waals surface area (Å²) in [4.78, 5) is 0. The predicted molar refractivity (Wildman–Crippen MR) is 78.5 cm³/mol. The number of nitrogens with one attached hydrogen (secondary N) is 1. The van der Waals surface area contributed by atoms with Gasteiger partial charge in [0, 0.05) is 6.54 Å². The van der Waals surface area contributed by atoms with Crippen molar-refractivity contribution < 1.29 is 8.78 Å². The van der Waals surface area contributed by atoms with Crippen LogP contribution in [0.5, 0.6) is 0 Å². The third-order valence-electron chi connectivity index (χ3n) is 3.28. The fraction of sp³-hybridized carbons (Fsp3) is 0.294. The molecule has 106 valence electrons. The van der Waals surface area contributed by atoms with E-state index in [0.717, 1.165) is 29.7 Å². The molecule has 2 rings (SSSR count). The largest absolute Gasteiger partial charge is 0.313 e. The Bertz CT molecular complexity index is 594. The normalized spacial score (nSPS) is 10.8. The SMILES string of the molecule is CCCNCc1ccc(F)cc1-c1ccc(F)c(C)c1. The lowest BCUT2D eigenvalue weighted by atomic mass is 9.98. The maximum absolute atomic E-state index is 13.5. The topological polar surface area (TPSA) is 12.0 Å². The molecule has 0 aliphatic heterocycles. The summed E-state index contributed by atoms with van der Waals surface area (Å²) in [5.41, 5.74) is 3.25. The highest BCUT2D eigenvalue weighted by molar-refractivity contribution is 5.68. The first-order valence-electron chi connectivity index (χ1n) is 6.87. The fourth-order valence-corrected chi connectivity index (χ4v) is 2.18. The van der Waals surface area contributed by atoms with Crippen LogP contribution in [0.4, 0.5) is 8.78 Å². The molecular weight excluding hydrogens is 256 g/mol. The van der Waals surface area contributed by atoms with Crippen LogP contribution in [-0.2, 0) is 6.54 Å². The van der Waals surface area contributed by atoms with Crippen molar-refractivity contribution in [2.75, 3.05) is 6.54 Å². The van der Waals surface area contributed by atoms with Crippen molar-refractivity contribution in [1.29, 1.82) is 0 Å². The van der Waals surface area contributed by atoms with Crippen molar-refractivity contribution in [3.63, 3.8) is 0 Å². The Balaban J connectivity index is 2.37. The number of halogens is 2. The summed E-state index contributed by atoms with van der Waals surface area (Å²) in [5, 5.41) is 3.31. The number of benzene rings is 2. The molecule has 3 heteroatoms. The molecule has 0 saturated heterocycles. The van der Waals surface area contributed by atoms with E-state index < -0.39 is 0 Å². The van der Waals surface area contributed by atoms with Gasteiger partial charge in [-0.05, 0) is 66.4 Å². The van der Waals surface area contributed by atoms with Gasteiger partial charge >= 0.3 is 0 Å². The first-order valence-corrected chi connectivity index (χ1v) is 6.87. The smallest absolute Gasteiger partial charge is 0.126 e. The third-order valence-corrected chi connectivity index (χ3v) is 3.28. The van der Waals surface area contributed by atoms with Crippen molar-refractivity contribution in [3.8, 4) is 11.1 Å². The van der Waals surface area contributed by atoms with Gasteiger partial charge in [-0.15, -0.1) is 0 Å². The monoisotopic (exact) mass is 275 g/mol. The highest BCUT2D eigenvalue weighted by Gasteiger charge is 2.08. The minimum absolute atomic E-state index is 0.240. The average molecular weight is 275 g/mol. The Morgan fingerprint density at radius 2 is 1.85 bits per heavy atom. The van der Waals surface area contributed by atoms with Crippen LogP contribution in [0, 0.1) is 18.6 Å². The highest BCUT2D eigenvalue weighted by atomic mass is 19.1. The molecule has 0 amide bonds. The van der Waals surface area contributed by atoms with Crippen LogP contribution < -0.4 is 5.32 Å². The van der Waals surface area contributed by atoms with Gasteiger partial charge in [0.05, 0.1) is 0 Å². The van der Waals surface area contributed by atoms with Gasteiger partial charge in [0.2, 0.25) is 0 Å². The summed E-state index contributed by atoms with van der Waals surface area (Å²) in [7, 11) is 0. The molecule has 0 bridgehead atoms. The highest BCUT2D eigenvalue weighted by Crippen LogP contribution is 2.26. The van der Waals surface area contributed by atoms with E-state index in [-0.39, 0.29) is 11.6 Å². The molecule has 0 aliphatic rings. The zero-order valence-electron chi connectivity index (χ0n) is 11.8. The molecule has 1 N–H and O–H groups in total. The summed E-state index contributed by atoms with van der Waals surface area (Å²) in [6, 6.07) is 9.64. The summed E-state index contributed by atoms with van der Waals surface area (Å²) < 4.78 is 26.9. The minimum Gasteiger partial charge on any atom is -0.313 e. The molecule has 2 aromatic rings. The van der Waals surface area contributed by atoms with Crippen LogP contribution in [0.2, 0.25) is 0 Å². The number of hydrogen-bond donors (Lipinski definition) is 1. The summed E-state index contributed by atoms with van der Waals surface area (Å²) in [5.74, 6) is -0.517. The second-order valence-corrected chi connectivity index (χ2v) is 4.94. The van der Waals surface area contributed by atoms with E-state index in [1.165, 1.54) is 18.2 Å². The van der Waals surface area contributed by atoms with E-state index in [4.69, 9.17) is 0 Å². The molecule has 0 heterocycles. The lowest BCUT2D eigenvalue weighted by molar-refractivity contribution is 0.618. The van der Waals surface area contributed by atoms with Crippen molar-refractivity contribution >= 4 is 0 Å². The first kappa shape index (κ1) is 14.7. The van der Waals surface area contributed by atoms with Crippen LogP contribution in [0.15, 0.2) is 36.4 Å². The summed E-state index contributed by atoms with van der Waals surface area (Å²) in [6.45, 7) is 5.41. The zero-order chi connectivity index (χ0) is 14.5. The summed E-state index contributed by atoms with van der Waals surface area (Å²) >= 11 is 0. The standard InChI is InChI=1S/C17H19F2N/c1-3-8-20-11-14-4-6-15(18)10-16(14)13-5-7-17(19)12(2)9-13/h4-7,9-10,20H,3,8,11H2,1-2H3. The molecular formula is C17H19F2N. The molecule has 0 fully saturated rings. The predicted octanol–water partition coefficient (Wildman–Crippen LogP) is 4.44. The Kier molecular flexibility index (Phi) is 4.85. The molecule has 20 heavy (non-hydrogen) atoms. The average Bonchev–Trinajstić information content (AvgIpc) is 2.44. The Labute approximate surface area is 118 Å². The first-order chi connectivity index (χ1) is 9.61. The molecule has 1 nitrogen and oxygen atoms in total. The molecule has 0 atom stereocenters. The van der Waals surface area contributed by atoms with Crippen LogP contribution in [0.1, 0.15) is 24.5 Å². The second kappa shape index (κ2) is 6.62. The third kappa shape index (κ3) is 3.42. The van der Waals surface area contributed by atoms with E-state index in [9.17, 15) is 8.78 Å². The second-order valence-electron chi connectivity index (χ2n) is 4.94. The van der Waals surface area contributed by atoms with Gasteiger partial charge in [-0.1, -0.05) is 19.1 Å². The molecule has 2 aromatic carbocycles. The van der Waals surface area contributed by atoms with Gasteiger partial charge in [0.1, 0.15) is 11.6 Å². The van der Waals surface area contributed by atoms with E-state index in [1.807, 2.05) is 0 Å². The van der Waals surface area contributed by atoms with Crippen LogP contribution >= 0.6 is 0 Å². The molecule has 0 unspecified atom stereocenters. The molecule has 0 radical (unpaired) electrons. The van der Waals surface area contributed by atoms with Gasteiger partial charge < -0.3 is 5.32 Å². The molecule has 0 aliphatic carbocycles. The van der Waals surface area contributed by atoms with Gasteiger partial charge in [-0.3, -0.25) is 0 Å². The van der Waals surface area contributed by atoms with Gasteiger partial charge in [-0.2, -0.15) is 0 Å². The lowest BCUT2D eigenvalue weighted by Crippen LogP contribution is -2.14. The maximum Gasteiger partial charge on any atom is 0.126 e. The van der Waals surface area contributed by atoms with Crippen molar-refractivity contribution in [3.05, 3.63) is 59.2 Å². The quantitative estimate of drug-likeness (QED) is 0.795. The Hall–Kier alpha value is -1.74. The van der Waals surface area contributed by atoms with Gasteiger partial charge in [-0.25, -0.2) is 8.78 Å². The Morgan fingerprint density at radius 3 is 2.55 bits per heavy atom. The van der Waals surface area contributed by atoms with Crippen LogP contribution in [-0.4, -0.2) is 6.54 Å². The van der Waals surface area contributed by atoms with Gasteiger partial charge in [0.15, 0.2) is 0 Å². The van der Waals surface area contributed by atoms with Crippen molar-refractivity contribution in [2.45, 2.75) is 26.8 Å². The van der Waals surface area contributed by atoms with E-state index in [1.54, 1.807) is 25.1 Å². The molecule has 0 aromatic heterocycles. The van der Waals surface area contributed by atoms with Gasteiger partial charge in [0.25, 0.3) is 0 Å². The minimum atomic E-state index is -0.277. The molecule has 0 spiro atoms.